The molecule has 0 heterocycles. The van der Waals surface area contributed by atoms with Gasteiger partial charge in [-0.05, 0) is 37.6 Å². The molecule has 0 aliphatic carbocycles. The van der Waals surface area contributed by atoms with Gasteiger partial charge in [-0.1, -0.05) is 44.5 Å². The van der Waals surface area contributed by atoms with Gasteiger partial charge in [0.05, 0.1) is 6.10 Å². The number of nitrogens with zero attached hydrogens (tertiary/aromatic N) is 1. The summed E-state index contributed by atoms with van der Waals surface area (Å²) in [4.78, 5) is 2.32. The van der Waals surface area contributed by atoms with Gasteiger partial charge >= 0.3 is 0 Å². The molecule has 0 aliphatic heterocycles. The van der Waals surface area contributed by atoms with Gasteiger partial charge in [0, 0.05) is 6.54 Å². The first-order chi connectivity index (χ1) is 8.19. The van der Waals surface area contributed by atoms with Gasteiger partial charge < -0.3 is 10.0 Å². The zero-order chi connectivity index (χ0) is 12.7. The second kappa shape index (κ2) is 7.46. The summed E-state index contributed by atoms with van der Waals surface area (Å²) in [6.07, 6.45) is 2.04. The Hall–Kier alpha value is -0.860. The molecular weight excluding hydrogens is 210 g/mol. The van der Waals surface area contributed by atoms with E-state index >= 15 is 0 Å². The van der Waals surface area contributed by atoms with Gasteiger partial charge in [0.2, 0.25) is 0 Å². The van der Waals surface area contributed by atoms with Crippen molar-refractivity contribution in [2.75, 3.05) is 19.6 Å². The molecule has 1 N–H and O–H groups in total. The molecule has 0 radical (unpaired) electrons. The average Bonchev–Trinajstić information content (AvgIpc) is 2.34. The largest absolute Gasteiger partial charge is 0.387 e. The van der Waals surface area contributed by atoms with Gasteiger partial charge in [-0.25, -0.2) is 0 Å². The van der Waals surface area contributed by atoms with Crippen LogP contribution in [-0.4, -0.2) is 29.6 Å². The van der Waals surface area contributed by atoms with Crippen LogP contribution in [0.15, 0.2) is 24.3 Å². The van der Waals surface area contributed by atoms with Crippen LogP contribution >= 0.6 is 0 Å². The number of aliphatic hydroxyl groups is 1. The minimum absolute atomic E-state index is 0.368. The summed E-state index contributed by atoms with van der Waals surface area (Å²) in [6, 6.07) is 8.09. The van der Waals surface area contributed by atoms with Crippen molar-refractivity contribution >= 4 is 0 Å². The summed E-state index contributed by atoms with van der Waals surface area (Å²) in [5, 5.41) is 10.3. The smallest absolute Gasteiger partial charge is 0.0919 e. The highest BCUT2D eigenvalue weighted by Gasteiger charge is 2.13. The molecule has 1 unspecified atom stereocenters. The highest BCUT2D eigenvalue weighted by Crippen LogP contribution is 2.18. The number of rotatable bonds is 7. The monoisotopic (exact) mass is 235 g/mol. The first kappa shape index (κ1) is 14.2. The molecule has 0 amide bonds. The first-order valence-corrected chi connectivity index (χ1v) is 6.65. The quantitative estimate of drug-likeness (QED) is 0.785. The highest BCUT2D eigenvalue weighted by atomic mass is 16.3. The van der Waals surface area contributed by atoms with Crippen molar-refractivity contribution in [3.05, 3.63) is 35.4 Å². The number of aryl methyl sites for hydroxylation is 1. The molecule has 0 fully saturated rings. The van der Waals surface area contributed by atoms with Crippen molar-refractivity contribution in [1.82, 2.24) is 4.90 Å². The normalized spacial score (nSPS) is 13.0. The fraction of sp³-hybridized carbons (Fsp3) is 0.600. The van der Waals surface area contributed by atoms with Crippen molar-refractivity contribution in [3.8, 4) is 0 Å². The van der Waals surface area contributed by atoms with E-state index in [1.54, 1.807) is 0 Å². The Morgan fingerprint density at radius 1 is 1.24 bits per heavy atom. The van der Waals surface area contributed by atoms with Crippen LogP contribution in [0, 0.1) is 6.92 Å². The van der Waals surface area contributed by atoms with Crippen LogP contribution in [0.1, 0.15) is 43.9 Å². The molecule has 0 spiro atoms. The molecule has 17 heavy (non-hydrogen) atoms. The maximum absolute atomic E-state index is 10.3. The van der Waals surface area contributed by atoms with E-state index in [0.717, 1.165) is 25.2 Å². The third-order valence-corrected chi connectivity index (χ3v) is 3.25. The maximum atomic E-state index is 10.3. The van der Waals surface area contributed by atoms with Crippen LogP contribution in [0.4, 0.5) is 0 Å². The minimum atomic E-state index is -0.368. The van der Waals surface area contributed by atoms with E-state index in [0.29, 0.717) is 0 Å². The second-order valence-electron chi connectivity index (χ2n) is 4.62. The Morgan fingerprint density at radius 3 is 2.53 bits per heavy atom. The molecule has 0 saturated carbocycles. The fourth-order valence-corrected chi connectivity index (χ4v) is 2.06. The third-order valence-electron chi connectivity index (χ3n) is 3.25. The summed E-state index contributed by atoms with van der Waals surface area (Å²) in [5.74, 6) is 0. The summed E-state index contributed by atoms with van der Waals surface area (Å²) in [6.45, 7) is 9.23. The van der Waals surface area contributed by atoms with Gasteiger partial charge in [0.15, 0.2) is 0 Å². The van der Waals surface area contributed by atoms with Crippen molar-refractivity contribution in [2.24, 2.45) is 0 Å². The summed E-state index contributed by atoms with van der Waals surface area (Å²) < 4.78 is 0. The maximum Gasteiger partial charge on any atom is 0.0919 e. The minimum Gasteiger partial charge on any atom is -0.387 e. The highest BCUT2D eigenvalue weighted by molar-refractivity contribution is 5.27. The van der Waals surface area contributed by atoms with Gasteiger partial charge in [-0.15, -0.1) is 0 Å². The van der Waals surface area contributed by atoms with Crippen LogP contribution in [0.2, 0.25) is 0 Å². The van der Waals surface area contributed by atoms with E-state index in [1.807, 2.05) is 18.2 Å². The predicted octanol–water partition coefficient (Wildman–Crippen LogP) is 3.15. The van der Waals surface area contributed by atoms with Gasteiger partial charge in [-0.3, -0.25) is 0 Å². The Kier molecular flexibility index (Phi) is 6.23. The molecule has 0 bridgehead atoms. The topological polar surface area (TPSA) is 23.5 Å². The molecule has 2 nitrogen and oxygen atoms in total. The Labute approximate surface area is 105 Å². The van der Waals surface area contributed by atoms with Gasteiger partial charge in [0.25, 0.3) is 0 Å². The fourth-order valence-electron chi connectivity index (χ4n) is 2.06. The number of unbranched alkanes of at least 4 members (excludes halogenated alkanes) is 1. The third kappa shape index (κ3) is 4.49. The average molecular weight is 235 g/mol. The zero-order valence-electron chi connectivity index (χ0n) is 11.3. The number of hydrogen-bond donors (Lipinski definition) is 1. The lowest BCUT2D eigenvalue weighted by molar-refractivity contribution is 0.114. The van der Waals surface area contributed by atoms with Crippen LogP contribution < -0.4 is 0 Å². The van der Waals surface area contributed by atoms with Crippen LogP contribution in [0.5, 0.6) is 0 Å². The van der Waals surface area contributed by atoms with Crippen LogP contribution in [0.25, 0.3) is 0 Å². The van der Waals surface area contributed by atoms with E-state index in [-0.39, 0.29) is 6.10 Å². The lowest BCUT2D eigenvalue weighted by Gasteiger charge is -2.24. The molecule has 2 heteroatoms. The standard InChI is InChI=1S/C15H25NO/c1-4-6-11-16(5-2)12-15(17)14-10-8-7-9-13(14)3/h7-10,15,17H,4-6,11-12H2,1-3H3. The zero-order valence-corrected chi connectivity index (χ0v) is 11.3. The first-order valence-electron chi connectivity index (χ1n) is 6.65. The molecule has 96 valence electrons. The lowest BCUT2D eigenvalue weighted by Crippen LogP contribution is -2.29. The van der Waals surface area contributed by atoms with Crippen LogP contribution in [-0.2, 0) is 0 Å². The second-order valence-corrected chi connectivity index (χ2v) is 4.62. The Morgan fingerprint density at radius 2 is 1.94 bits per heavy atom. The molecule has 0 aliphatic rings. The van der Waals surface area contributed by atoms with Gasteiger partial charge in [-0.2, -0.15) is 0 Å². The Balaban J connectivity index is 2.58. The molecule has 1 aromatic carbocycles. The van der Waals surface area contributed by atoms with E-state index < -0.39 is 0 Å². The molecular formula is C15H25NO. The molecule has 0 saturated heterocycles. The Bertz CT molecular complexity index is 324. The van der Waals surface area contributed by atoms with Crippen molar-refractivity contribution in [1.29, 1.82) is 0 Å². The lowest BCUT2D eigenvalue weighted by atomic mass is 10.0. The van der Waals surface area contributed by atoms with E-state index in [9.17, 15) is 5.11 Å². The van der Waals surface area contributed by atoms with E-state index in [2.05, 4.69) is 31.7 Å². The predicted molar refractivity (Wildman–Crippen MR) is 73.2 cm³/mol. The summed E-state index contributed by atoms with van der Waals surface area (Å²) in [7, 11) is 0. The number of hydrogen-bond acceptors (Lipinski definition) is 2. The molecule has 1 rings (SSSR count). The number of aliphatic hydroxyl groups excluding tert-OH is 1. The van der Waals surface area contributed by atoms with Crippen molar-refractivity contribution in [2.45, 2.75) is 39.7 Å². The van der Waals surface area contributed by atoms with E-state index in [1.165, 1.54) is 18.4 Å². The number of likely N-dealkylation sites (N-methyl/N-ethyl adjacent to an activating group) is 1. The number of benzene rings is 1. The van der Waals surface area contributed by atoms with Crippen molar-refractivity contribution < 1.29 is 5.11 Å². The SMILES string of the molecule is CCCCN(CC)CC(O)c1ccccc1C. The molecule has 1 aromatic rings. The van der Waals surface area contributed by atoms with E-state index in [4.69, 9.17) is 0 Å². The van der Waals surface area contributed by atoms with Crippen LogP contribution in [0.3, 0.4) is 0 Å². The van der Waals surface area contributed by atoms with Gasteiger partial charge in [0.1, 0.15) is 0 Å². The molecule has 1 atom stereocenters. The molecule has 0 aromatic heterocycles. The van der Waals surface area contributed by atoms with Crippen molar-refractivity contribution in [3.63, 3.8) is 0 Å². The summed E-state index contributed by atoms with van der Waals surface area (Å²) in [5.41, 5.74) is 2.23. The summed E-state index contributed by atoms with van der Waals surface area (Å²) >= 11 is 0.